The van der Waals surface area contributed by atoms with E-state index in [0.29, 0.717) is 6.42 Å². The molecule has 5 heteroatoms. The molecule has 1 aromatic heterocycles. The summed E-state index contributed by atoms with van der Waals surface area (Å²) in [6, 6.07) is 0. The number of aliphatic carboxylic acids is 1. The molecule has 0 saturated carbocycles. The Morgan fingerprint density at radius 1 is 1.77 bits per heavy atom. The molecule has 0 aromatic carbocycles. The third-order valence-electron chi connectivity index (χ3n) is 1.69. The Labute approximate surface area is 88.9 Å². The maximum atomic E-state index is 10.6. The molecule has 1 heterocycles. The van der Waals surface area contributed by atoms with Gasteiger partial charge >= 0.3 is 5.97 Å². The molecule has 0 aliphatic heterocycles. The van der Waals surface area contributed by atoms with Crippen LogP contribution in [0.15, 0.2) is 3.79 Å². The van der Waals surface area contributed by atoms with Gasteiger partial charge in [-0.3, -0.25) is 4.79 Å². The standard InChI is InChI=1S/C8H10BrNO2S/c1-4(8(11)12)3-6-10-5(2)7(9)13-6/h4H,3H2,1-2H3,(H,11,12). The lowest BCUT2D eigenvalue weighted by molar-refractivity contribution is -0.141. The molecule has 3 nitrogen and oxygen atoms in total. The summed E-state index contributed by atoms with van der Waals surface area (Å²) in [6.07, 6.45) is 0.506. The van der Waals surface area contributed by atoms with Gasteiger partial charge in [0.05, 0.1) is 20.4 Å². The highest BCUT2D eigenvalue weighted by molar-refractivity contribution is 9.11. The number of carboxylic acid groups (broad SMARTS) is 1. The summed E-state index contributed by atoms with van der Waals surface area (Å²) in [7, 11) is 0. The Hall–Kier alpha value is -0.420. The van der Waals surface area contributed by atoms with E-state index in [2.05, 4.69) is 20.9 Å². The first-order valence-electron chi connectivity index (χ1n) is 3.85. The van der Waals surface area contributed by atoms with Gasteiger partial charge in [0.25, 0.3) is 0 Å². The van der Waals surface area contributed by atoms with Crippen molar-refractivity contribution in [1.29, 1.82) is 0 Å². The predicted molar refractivity (Wildman–Crippen MR) is 55.1 cm³/mol. The number of rotatable bonds is 3. The maximum absolute atomic E-state index is 10.6. The van der Waals surface area contributed by atoms with Crippen molar-refractivity contribution in [1.82, 2.24) is 4.98 Å². The fourth-order valence-corrected chi connectivity index (χ4v) is 2.43. The number of hydrogen-bond acceptors (Lipinski definition) is 3. The van der Waals surface area contributed by atoms with Crippen molar-refractivity contribution in [3.63, 3.8) is 0 Å². The van der Waals surface area contributed by atoms with Gasteiger partial charge in [-0.05, 0) is 22.9 Å². The van der Waals surface area contributed by atoms with Crippen LogP contribution in [-0.2, 0) is 11.2 Å². The number of halogens is 1. The van der Waals surface area contributed by atoms with E-state index >= 15 is 0 Å². The summed E-state index contributed by atoms with van der Waals surface area (Å²) in [5.74, 6) is -1.14. The van der Waals surface area contributed by atoms with Crippen LogP contribution in [0.1, 0.15) is 17.6 Å². The Bertz CT molecular complexity index is 304. The van der Waals surface area contributed by atoms with Crippen molar-refractivity contribution in [3.05, 3.63) is 14.5 Å². The molecule has 72 valence electrons. The van der Waals surface area contributed by atoms with Crippen LogP contribution in [0.5, 0.6) is 0 Å². The average Bonchev–Trinajstić information content (AvgIpc) is 2.31. The SMILES string of the molecule is Cc1nc(CC(C)C(=O)O)sc1Br. The monoisotopic (exact) mass is 263 g/mol. The highest BCUT2D eigenvalue weighted by atomic mass is 79.9. The minimum Gasteiger partial charge on any atom is -0.481 e. The van der Waals surface area contributed by atoms with Crippen LogP contribution in [0, 0.1) is 12.8 Å². The quantitative estimate of drug-likeness (QED) is 0.912. The number of carbonyl (C=O) groups is 1. The molecule has 1 atom stereocenters. The van der Waals surface area contributed by atoms with Crippen molar-refractivity contribution in [2.45, 2.75) is 20.3 Å². The second kappa shape index (κ2) is 4.19. The largest absolute Gasteiger partial charge is 0.481 e. The highest BCUT2D eigenvalue weighted by Gasteiger charge is 2.14. The molecule has 1 aromatic rings. The summed E-state index contributed by atoms with van der Waals surface area (Å²) >= 11 is 4.85. The molecule has 0 aliphatic carbocycles. The summed E-state index contributed by atoms with van der Waals surface area (Å²) in [6.45, 7) is 3.59. The molecule has 0 spiro atoms. The molecule has 1 rings (SSSR count). The number of aromatic nitrogens is 1. The van der Waals surface area contributed by atoms with Gasteiger partial charge < -0.3 is 5.11 Å². The summed E-state index contributed by atoms with van der Waals surface area (Å²) < 4.78 is 0.986. The fourth-order valence-electron chi connectivity index (χ4n) is 0.868. The van der Waals surface area contributed by atoms with Gasteiger partial charge in [-0.1, -0.05) is 6.92 Å². The van der Waals surface area contributed by atoms with E-state index in [-0.39, 0.29) is 5.92 Å². The van der Waals surface area contributed by atoms with Crippen LogP contribution in [0.2, 0.25) is 0 Å². The van der Waals surface area contributed by atoms with Crippen LogP contribution in [0.4, 0.5) is 0 Å². The van der Waals surface area contributed by atoms with Gasteiger partial charge in [0.2, 0.25) is 0 Å². The second-order valence-electron chi connectivity index (χ2n) is 2.91. The van der Waals surface area contributed by atoms with Crippen molar-refractivity contribution < 1.29 is 9.90 Å². The first-order chi connectivity index (χ1) is 6.00. The van der Waals surface area contributed by atoms with Gasteiger partial charge in [0.1, 0.15) is 0 Å². The van der Waals surface area contributed by atoms with Crippen LogP contribution in [0.25, 0.3) is 0 Å². The Balaban J connectivity index is 2.69. The van der Waals surface area contributed by atoms with Crippen LogP contribution in [-0.4, -0.2) is 16.1 Å². The zero-order chi connectivity index (χ0) is 10.0. The second-order valence-corrected chi connectivity index (χ2v) is 5.31. The molecule has 0 amide bonds. The average molecular weight is 264 g/mol. The molecule has 13 heavy (non-hydrogen) atoms. The van der Waals surface area contributed by atoms with Crippen LogP contribution >= 0.6 is 27.3 Å². The molecule has 0 radical (unpaired) electrons. The van der Waals surface area contributed by atoms with Crippen molar-refractivity contribution in [2.75, 3.05) is 0 Å². The Kier molecular flexibility index (Phi) is 3.44. The number of aryl methyl sites for hydroxylation is 1. The minimum absolute atomic E-state index is 0.363. The normalized spacial score (nSPS) is 12.8. The fraction of sp³-hybridized carbons (Fsp3) is 0.500. The first kappa shape index (κ1) is 10.7. The first-order valence-corrected chi connectivity index (χ1v) is 5.46. The van der Waals surface area contributed by atoms with E-state index in [1.54, 1.807) is 6.92 Å². The van der Waals surface area contributed by atoms with E-state index in [0.717, 1.165) is 14.5 Å². The Morgan fingerprint density at radius 2 is 2.38 bits per heavy atom. The molecular formula is C8H10BrNO2S. The summed E-state index contributed by atoms with van der Waals surface area (Å²) in [5, 5.41) is 9.56. The van der Waals surface area contributed by atoms with Gasteiger partial charge in [0, 0.05) is 6.42 Å². The molecule has 1 N–H and O–H groups in total. The third-order valence-corrected chi connectivity index (χ3v) is 3.71. The topological polar surface area (TPSA) is 50.2 Å². The van der Waals surface area contributed by atoms with E-state index in [9.17, 15) is 4.79 Å². The van der Waals surface area contributed by atoms with Gasteiger partial charge in [-0.15, -0.1) is 11.3 Å². The zero-order valence-corrected chi connectivity index (χ0v) is 9.78. The predicted octanol–water partition coefficient (Wildman–Crippen LogP) is 2.48. The molecule has 1 unspecified atom stereocenters. The maximum Gasteiger partial charge on any atom is 0.306 e. The van der Waals surface area contributed by atoms with Gasteiger partial charge in [-0.25, -0.2) is 4.98 Å². The van der Waals surface area contributed by atoms with Gasteiger partial charge in [0.15, 0.2) is 0 Å². The number of nitrogens with zero attached hydrogens (tertiary/aromatic N) is 1. The summed E-state index contributed by atoms with van der Waals surface area (Å²) in [5.41, 5.74) is 0.928. The number of carboxylic acids is 1. The molecule has 0 fully saturated rings. The van der Waals surface area contributed by atoms with Crippen LogP contribution < -0.4 is 0 Å². The highest BCUT2D eigenvalue weighted by Crippen LogP contribution is 2.25. The van der Waals surface area contributed by atoms with Gasteiger partial charge in [-0.2, -0.15) is 0 Å². The number of thiazole rings is 1. The lowest BCUT2D eigenvalue weighted by Gasteiger charge is -2.01. The minimum atomic E-state index is -0.774. The number of hydrogen-bond donors (Lipinski definition) is 1. The van der Waals surface area contributed by atoms with E-state index in [1.807, 2.05) is 6.92 Å². The zero-order valence-electron chi connectivity index (χ0n) is 7.37. The van der Waals surface area contributed by atoms with Crippen molar-refractivity contribution in [2.24, 2.45) is 5.92 Å². The smallest absolute Gasteiger partial charge is 0.306 e. The summed E-state index contributed by atoms with van der Waals surface area (Å²) in [4.78, 5) is 14.8. The van der Waals surface area contributed by atoms with Crippen molar-refractivity contribution in [3.8, 4) is 0 Å². The van der Waals surface area contributed by atoms with Crippen molar-refractivity contribution >= 4 is 33.2 Å². The lowest BCUT2D eigenvalue weighted by Crippen LogP contribution is -2.11. The van der Waals surface area contributed by atoms with E-state index in [1.165, 1.54) is 11.3 Å². The molecule has 0 bridgehead atoms. The Morgan fingerprint density at radius 3 is 2.77 bits per heavy atom. The van der Waals surface area contributed by atoms with E-state index in [4.69, 9.17) is 5.11 Å². The van der Waals surface area contributed by atoms with Crippen LogP contribution in [0.3, 0.4) is 0 Å². The molecule has 0 saturated heterocycles. The molecule has 0 aliphatic rings. The molecular weight excluding hydrogens is 254 g/mol. The third kappa shape index (κ3) is 2.77. The van der Waals surface area contributed by atoms with E-state index < -0.39 is 5.97 Å². The lowest BCUT2D eigenvalue weighted by atomic mass is 10.1.